The molecule has 0 saturated carbocycles. The highest BCUT2D eigenvalue weighted by Crippen LogP contribution is 2.13. The summed E-state index contributed by atoms with van der Waals surface area (Å²) in [5.74, 6) is -0.250. The molecule has 0 aliphatic rings. The van der Waals surface area contributed by atoms with Gasteiger partial charge in [0.2, 0.25) is 0 Å². The highest BCUT2D eigenvalue weighted by Gasteiger charge is 2.16. The van der Waals surface area contributed by atoms with E-state index in [9.17, 15) is 4.79 Å². The van der Waals surface area contributed by atoms with E-state index in [2.05, 4.69) is 36.4 Å². The average molecular weight is 363 g/mol. The van der Waals surface area contributed by atoms with Crippen LogP contribution in [0.2, 0.25) is 0 Å². The Morgan fingerprint density at radius 3 is 3.00 bits per heavy atom. The highest BCUT2D eigenvalue weighted by molar-refractivity contribution is 9.10. The number of carbonyl (C=O) groups is 1. The van der Waals surface area contributed by atoms with Crippen molar-refractivity contribution in [2.45, 2.75) is 26.4 Å². The van der Waals surface area contributed by atoms with Crippen LogP contribution in [0.25, 0.3) is 5.65 Å². The smallest absolute Gasteiger partial charge is 0.272 e. The van der Waals surface area contributed by atoms with Crippen molar-refractivity contribution >= 4 is 27.5 Å². The van der Waals surface area contributed by atoms with E-state index < -0.39 is 0 Å². The van der Waals surface area contributed by atoms with Crippen LogP contribution in [0.15, 0.2) is 35.2 Å². The number of aryl methyl sites for hydroxylation is 1. The summed E-state index contributed by atoms with van der Waals surface area (Å²) in [5, 5.41) is 11.5. The number of nitrogens with zero attached hydrogens (tertiary/aromatic N) is 5. The number of amides is 1. The summed E-state index contributed by atoms with van der Waals surface area (Å²) in [4.78, 5) is 16.5. The van der Waals surface area contributed by atoms with Crippen LogP contribution in [0.4, 0.5) is 0 Å². The molecular weight excluding hydrogens is 348 g/mol. The molecule has 0 aliphatic carbocycles. The Bertz CT molecular complexity index is 824. The predicted molar refractivity (Wildman–Crippen MR) is 84.5 cm³/mol. The zero-order chi connectivity index (χ0) is 15.7. The van der Waals surface area contributed by atoms with Crippen molar-refractivity contribution in [2.24, 2.45) is 0 Å². The molecule has 114 valence electrons. The van der Waals surface area contributed by atoms with Crippen LogP contribution in [0.3, 0.4) is 0 Å². The molecule has 1 amide bonds. The topological polar surface area (TPSA) is 77.1 Å². The van der Waals surface area contributed by atoms with Gasteiger partial charge in [0.15, 0.2) is 11.3 Å². The first-order valence-electron chi connectivity index (χ1n) is 6.92. The number of nitrogens with one attached hydrogen (secondary N) is 1. The number of carbonyl (C=O) groups excluding carboxylic acids is 1. The van der Waals surface area contributed by atoms with Crippen LogP contribution in [0, 0.1) is 0 Å². The molecule has 0 bridgehead atoms. The van der Waals surface area contributed by atoms with Crippen molar-refractivity contribution < 1.29 is 4.79 Å². The summed E-state index contributed by atoms with van der Waals surface area (Å²) in [5.41, 5.74) is 1.77. The zero-order valence-corrected chi connectivity index (χ0v) is 13.8. The molecule has 0 aromatic carbocycles. The predicted octanol–water partition coefficient (Wildman–Crippen LogP) is 2.20. The van der Waals surface area contributed by atoms with Crippen molar-refractivity contribution in [1.29, 1.82) is 0 Å². The summed E-state index contributed by atoms with van der Waals surface area (Å²) in [6.07, 6.45) is 5.31. The van der Waals surface area contributed by atoms with E-state index >= 15 is 0 Å². The molecule has 7 nitrogen and oxygen atoms in total. The minimum atomic E-state index is -0.250. The minimum absolute atomic E-state index is 0.190. The molecule has 8 heteroatoms. The van der Waals surface area contributed by atoms with E-state index in [1.54, 1.807) is 23.0 Å². The van der Waals surface area contributed by atoms with Gasteiger partial charge in [0.05, 0.1) is 16.2 Å². The van der Waals surface area contributed by atoms with Crippen LogP contribution < -0.4 is 5.32 Å². The van der Waals surface area contributed by atoms with Crippen LogP contribution >= 0.6 is 15.9 Å². The second-order valence-electron chi connectivity index (χ2n) is 4.90. The van der Waals surface area contributed by atoms with E-state index in [4.69, 9.17) is 0 Å². The third kappa shape index (κ3) is 2.87. The normalized spacial score (nSPS) is 12.5. The lowest BCUT2D eigenvalue weighted by molar-refractivity contribution is 0.0933. The molecule has 0 fully saturated rings. The summed E-state index contributed by atoms with van der Waals surface area (Å²) >= 11 is 3.32. The van der Waals surface area contributed by atoms with Crippen LogP contribution in [0.5, 0.6) is 0 Å². The Hall–Kier alpha value is -2.22. The summed E-state index contributed by atoms with van der Waals surface area (Å²) < 4.78 is 4.19. The monoisotopic (exact) mass is 362 g/mol. The minimum Gasteiger partial charge on any atom is -0.342 e. The van der Waals surface area contributed by atoms with Gasteiger partial charge in [-0.3, -0.25) is 9.48 Å². The second-order valence-corrected chi connectivity index (χ2v) is 5.81. The number of aromatic nitrogens is 5. The van der Waals surface area contributed by atoms with E-state index in [1.165, 1.54) is 0 Å². The van der Waals surface area contributed by atoms with Gasteiger partial charge < -0.3 is 5.32 Å². The molecular formula is C14H15BrN6O. The Kier molecular flexibility index (Phi) is 3.93. The Labute approximate surface area is 135 Å². The quantitative estimate of drug-likeness (QED) is 0.771. The molecule has 1 N–H and O–H groups in total. The lowest BCUT2D eigenvalue weighted by Gasteiger charge is -2.10. The number of hydrogen-bond acceptors (Lipinski definition) is 4. The Balaban J connectivity index is 1.77. The first-order valence-corrected chi connectivity index (χ1v) is 7.71. The van der Waals surface area contributed by atoms with Gasteiger partial charge >= 0.3 is 0 Å². The van der Waals surface area contributed by atoms with Crippen LogP contribution in [0.1, 0.15) is 36.1 Å². The summed E-state index contributed by atoms with van der Waals surface area (Å²) in [7, 11) is 0. The lowest BCUT2D eigenvalue weighted by Crippen LogP contribution is -2.27. The maximum Gasteiger partial charge on any atom is 0.272 e. The molecule has 1 atom stereocenters. The maximum atomic E-state index is 12.3. The third-order valence-electron chi connectivity index (χ3n) is 3.29. The van der Waals surface area contributed by atoms with Gasteiger partial charge in [0.1, 0.15) is 0 Å². The van der Waals surface area contributed by atoms with Gasteiger partial charge in [0, 0.05) is 31.2 Å². The summed E-state index contributed by atoms with van der Waals surface area (Å²) in [6.45, 7) is 4.71. The Morgan fingerprint density at radius 1 is 1.45 bits per heavy atom. The molecule has 3 aromatic heterocycles. The number of hydrogen-bond donors (Lipinski definition) is 1. The van der Waals surface area contributed by atoms with E-state index in [0.29, 0.717) is 11.3 Å². The lowest BCUT2D eigenvalue weighted by atomic mass is 10.2. The average Bonchev–Trinajstić information content (AvgIpc) is 3.13. The van der Waals surface area contributed by atoms with Gasteiger partial charge in [-0.05, 0) is 35.8 Å². The fourth-order valence-electron chi connectivity index (χ4n) is 2.09. The second kappa shape index (κ2) is 5.88. The van der Waals surface area contributed by atoms with Crippen molar-refractivity contribution in [3.05, 3.63) is 46.6 Å². The maximum absolute atomic E-state index is 12.3. The van der Waals surface area contributed by atoms with Gasteiger partial charge in [-0.2, -0.15) is 10.2 Å². The van der Waals surface area contributed by atoms with Crippen molar-refractivity contribution in [3.63, 3.8) is 0 Å². The Morgan fingerprint density at radius 2 is 2.27 bits per heavy atom. The van der Waals surface area contributed by atoms with Crippen molar-refractivity contribution in [2.75, 3.05) is 0 Å². The molecule has 3 heterocycles. The molecule has 3 aromatic rings. The molecule has 22 heavy (non-hydrogen) atoms. The van der Waals surface area contributed by atoms with Gasteiger partial charge in [-0.1, -0.05) is 0 Å². The van der Waals surface area contributed by atoms with Gasteiger partial charge in [-0.15, -0.1) is 0 Å². The third-order valence-corrected chi connectivity index (χ3v) is 3.70. The molecule has 3 rings (SSSR count). The SMILES string of the molecule is CCn1ccc([C@@H](C)NC(=O)c2cc3ncc(Br)cn3n2)n1. The molecule has 0 saturated heterocycles. The van der Waals surface area contributed by atoms with Crippen LogP contribution in [-0.2, 0) is 6.54 Å². The largest absolute Gasteiger partial charge is 0.342 e. The number of fused-ring (bicyclic) bond motifs is 1. The van der Waals surface area contributed by atoms with E-state index in [-0.39, 0.29) is 11.9 Å². The van der Waals surface area contributed by atoms with E-state index in [0.717, 1.165) is 16.7 Å². The van der Waals surface area contributed by atoms with E-state index in [1.807, 2.05) is 30.8 Å². The molecule has 0 unspecified atom stereocenters. The van der Waals surface area contributed by atoms with Crippen molar-refractivity contribution in [1.82, 2.24) is 29.7 Å². The highest BCUT2D eigenvalue weighted by atomic mass is 79.9. The van der Waals surface area contributed by atoms with Gasteiger partial charge in [0.25, 0.3) is 5.91 Å². The molecule has 0 aliphatic heterocycles. The summed E-state index contributed by atoms with van der Waals surface area (Å²) in [6, 6.07) is 3.36. The first kappa shape index (κ1) is 14.7. The van der Waals surface area contributed by atoms with Crippen molar-refractivity contribution in [3.8, 4) is 0 Å². The standard InChI is InChI=1S/C14H15BrN6O/c1-3-20-5-4-11(18-20)9(2)17-14(22)12-6-13-16-7-10(15)8-21(13)19-12/h4-9H,3H2,1-2H3,(H,17,22)/t9-/m1/s1. The fourth-order valence-corrected chi connectivity index (χ4v) is 2.39. The molecule has 0 spiro atoms. The molecule has 0 radical (unpaired) electrons. The number of halogens is 1. The fraction of sp³-hybridized carbons (Fsp3) is 0.286. The van der Waals surface area contributed by atoms with Crippen LogP contribution in [-0.4, -0.2) is 30.3 Å². The van der Waals surface area contributed by atoms with Gasteiger partial charge in [-0.25, -0.2) is 9.50 Å². The number of rotatable bonds is 4. The first-order chi connectivity index (χ1) is 10.6. The zero-order valence-electron chi connectivity index (χ0n) is 12.2.